The van der Waals surface area contributed by atoms with Gasteiger partial charge in [0.05, 0.1) is 0 Å². The summed E-state index contributed by atoms with van der Waals surface area (Å²) in [7, 11) is 0. The van der Waals surface area contributed by atoms with Crippen LogP contribution in [-0.4, -0.2) is 26.9 Å². The molecule has 2 rings (SSSR count). The lowest BCUT2D eigenvalue weighted by Crippen LogP contribution is -2.23. The number of aryl methyl sites for hydroxylation is 1. The van der Waals surface area contributed by atoms with Crippen LogP contribution >= 0.6 is 23.1 Å². The normalized spacial score (nSPS) is 11.2. The molecule has 0 aliphatic heterocycles. The number of nitrogens with zero attached hydrogens (tertiary/aromatic N) is 3. The van der Waals surface area contributed by atoms with Crippen LogP contribution in [0.15, 0.2) is 9.13 Å². The highest BCUT2D eigenvalue weighted by Crippen LogP contribution is 2.23. The largest absolute Gasteiger partial charge is 0.330 e. The molecule has 0 radical (unpaired) electrons. The van der Waals surface area contributed by atoms with Gasteiger partial charge in [-0.15, -0.1) is 5.10 Å². The fraction of sp³-hybridized carbons (Fsp3) is 0.500. The van der Waals surface area contributed by atoms with Crippen molar-refractivity contribution in [2.24, 2.45) is 5.73 Å². The molecule has 2 aromatic rings. The third-order valence-electron chi connectivity index (χ3n) is 2.35. The van der Waals surface area contributed by atoms with Crippen LogP contribution in [-0.2, 0) is 6.42 Å². The van der Waals surface area contributed by atoms with Gasteiger partial charge < -0.3 is 5.73 Å². The van der Waals surface area contributed by atoms with Gasteiger partial charge in [0.2, 0.25) is 4.96 Å². The summed E-state index contributed by atoms with van der Waals surface area (Å²) < 4.78 is 2.27. The molecule has 92 valence electrons. The molecule has 17 heavy (non-hydrogen) atoms. The molecule has 0 aromatic carbocycles. The van der Waals surface area contributed by atoms with Gasteiger partial charge in [0.15, 0.2) is 4.34 Å². The predicted octanol–water partition coefficient (Wildman–Crippen LogP) is 1.07. The second-order valence-electron chi connectivity index (χ2n) is 3.51. The van der Waals surface area contributed by atoms with Crippen LogP contribution in [0.3, 0.4) is 0 Å². The smallest absolute Gasteiger partial charge is 0.278 e. The lowest BCUT2D eigenvalue weighted by molar-refractivity contribution is 0.811. The molecule has 0 saturated carbocycles. The molecular formula is C10H14N4OS2. The van der Waals surface area contributed by atoms with Crippen LogP contribution in [0, 0.1) is 6.92 Å². The maximum absolute atomic E-state index is 12.2. The fourth-order valence-electron chi connectivity index (χ4n) is 1.58. The SMILES string of the molecule is CCSc1nn2c(=O)c(CCN)c(C)nc2s1. The Balaban J connectivity index is 2.61. The minimum Gasteiger partial charge on any atom is -0.330 e. The van der Waals surface area contributed by atoms with Crippen LogP contribution in [0.1, 0.15) is 18.2 Å². The summed E-state index contributed by atoms with van der Waals surface area (Å²) in [6, 6.07) is 0. The Bertz CT molecular complexity index is 590. The van der Waals surface area contributed by atoms with E-state index in [1.54, 1.807) is 11.8 Å². The van der Waals surface area contributed by atoms with Gasteiger partial charge in [0.1, 0.15) is 0 Å². The molecule has 2 heterocycles. The van der Waals surface area contributed by atoms with Gasteiger partial charge in [-0.2, -0.15) is 4.52 Å². The topological polar surface area (TPSA) is 73.3 Å². The summed E-state index contributed by atoms with van der Waals surface area (Å²) in [4.78, 5) is 17.2. The van der Waals surface area contributed by atoms with Crippen molar-refractivity contribution >= 4 is 28.1 Å². The summed E-state index contributed by atoms with van der Waals surface area (Å²) in [5, 5.41) is 4.27. The zero-order valence-electron chi connectivity index (χ0n) is 9.77. The van der Waals surface area contributed by atoms with E-state index < -0.39 is 0 Å². The van der Waals surface area contributed by atoms with Crippen molar-refractivity contribution < 1.29 is 0 Å². The van der Waals surface area contributed by atoms with Gasteiger partial charge in [0.25, 0.3) is 5.56 Å². The first kappa shape index (κ1) is 12.5. The Morgan fingerprint density at radius 1 is 1.53 bits per heavy atom. The minimum absolute atomic E-state index is 0.0860. The molecule has 0 aliphatic carbocycles. The number of rotatable bonds is 4. The summed E-state index contributed by atoms with van der Waals surface area (Å²) in [6.07, 6.45) is 0.550. The third-order valence-corrected chi connectivity index (χ3v) is 4.28. The number of hydrogen-bond donors (Lipinski definition) is 1. The van der Waals surface area contributed by atoms with Crippen LogP contribution in [0.5, 0.6) is 0 Å². The van der Waals surface area contributed by atoms with Gasteiger partial charge in [-0.25, -0.2) is 4.98 Å². The summed E-state index contributed by atoms with van der Waals surface area (Å²) in [5.41, 5.74) is 6.84. The van der Waals surface area contributed by atoms with Crippen molar-refractivity contribution in [3.05, 3.63) is 21.6 Å². The van der Waals surface area contributed by atoms with Gasteiger partial charge in [0, 0.05) is 11.3 Å². The highest BCUT2D eigenvalue weighted by molar-refractivity contribution is 8.01. The highest BCUT2D eigenvalue weighted by atomic mass is 32.2. The molecule has 0 amide bonds. The van der Waals surface area contributed by atoms with E-state index in [2.05, 4.69) is 17.0 Å². The first-order chi connectivity index (χ1) is 8.17. The molecule has 0 spiro atoms. The third kappa shape index (κ3) is 2.36. The van der Waals surface area contributed by atoms with Crippen molar-refractivity contribution in [2.75, 3.05) is 12.3 Å². The van der Waals surface area contributed by atoms with E-state index in [4.69, 9.17) is 5.73 Å². The molecule has 0 aliphatic rings. The standard InChI is InChI=1S/C10H14N4OS2/c1-3-16-10-13-14-8(15)7(4-5-11)6(2)12-9(14)17-10/h3-5,11H2,1-2H3. The monoisotopic (exact) mass is 270 g/mol. The maximum Gasteiger partial charge on any atom is 0.278 e. The summed E-state index contributed by atoms with van der Waals surface area (Å²) in [6.45, 7) is 4.35. The highest BCUT2D eigenvalue weighted by Gasteiger charge is 2.13. The first-order valence-corrected chi connectivity index (χ1v) is 7.19. The quantitative estimate of drug-likeness (QED) is 0.841. The Morgan fingerprint density at radius 3 is 2.94 bits per heavy atom. The molecule has 0 fully saturated rings. The second kappa shape index (κ2) is 5.16. The van der Waals surface area contributed by atoms with E-state index in [1.165, 1.54) is 15.9 Å². The lowest BCUT2D eigenvalue weighted by atomic mass is 10.2. The summed E-state index contributed by atoms with van der Waals surface area (Å²) >= 11 is 3.07. The number of fused-ring (bicyclic) bond motifs is 1. The number of aromatic nitrogens is 3. The van der Waals surface area contributed by atoms with Crippen LogP contribution in [0.4, 0.5) is 0 Å². The average molecular weight is 270 g/mol. The molecule has 0 bridgehead atoms. The van der Waals surface area contributed by atoms with E-state index >= 15 is 0 Å². The maximum atomic E-state index is 12.2. The van der Waals surface area contributed by atoms with E-state index in [0.717, 1.165) is 15.8 Å². The fourth-order valence-corrected chi connectivity index (χ4v) is 3.45. The number of thioether (sulfide) groups is 1. The average Bonchev–Trinajstić information content (AvgIpc) is 2.67. The Kier molecular flexibility index (Phi) is 3.80. The van der Waals surface area contributed by atoms with Crippen molar-refractivity contribution in [1.29, 1.82) is 0 Å². The zero-order valence-corrected chi connectivity index (χ0v) is 11.4. The van der Waals surface area contributed by atoms with E-state index in [9.17, 15) is 4.79 Å². The Hall–Kier alpha value is -0.920. The molecule has 7 heteroatoms. The molecule has 0 saturated heterocycles. The van der Waals surface area contributed by atoms with Gasteiger partial charge in [-0.05, 0) is 25.6 Å². The van der Waals surface area contributed by atoms with Crippen LogP contribution in [0.2, 0.25) is 0 Å². The zero-order chi connectivity index (χ0) is 12.4. The van der Waals surface area contributed by atoms with Crippen LogP contribution in [0.25, 0.3) is 4.96 Å². The van der Waals surface area contributed by atoms with Crippen molar-refractivity contribution in [1.82, 2.24) is 14.6 Å². The first-order valence-electron chi connectivity index (χ1n) is 5.39. The van der Waals surface area contributed by atoms with Crippen molar-refractivity contribution in [2.45, 2.75) is 24.6 Å². The Morgan fingerprint density at radius 2 is 2.29 bits per heavy atom. The molecule has 5 nitrogen and oxygen atoms in total. The van der Waals surface area contributed by atoms with Gasteiger partial charge in [-0.3, -0.25) is 4.79 Å². The molecule has 2 aromatic heterocycles. The predicted molar refractivity (Wildman–Crippen MR) is 71.0 cm³/mol. The summed E-state index contributed by atoms with van der Waals surface area (Å²) in [5.74, 6) is 0.934. The van der Waals surface area contributed by atoms with Crippen molar-refractivity contribution in [3.63, 3.8) is 0 Å². The lowest BCUT2D eigenvalue weighted by Gasteiger charge is -2.01. The molecule has 0 unspecified atom stereocenters. The van der Waals surface area contributed by atoms with Crippen molar-refractivity contribution in [3.8, 4) is 0 Å². The van der Waals surface area contributed by atoms with Crippen LogP contribution < -0.4 is 11.3 Å². The van der Waals surface area contributed by atoms with E-state index in [-0.39, 0.29) is 5.56 Å². The van der Waals surface area contributed by atoms with Gasteiger partial charge >= 0.3 is 0 Å². The number of nitrogens with two attached hydrogens (primary N) is 1. The van der Waals surface area contributed by atoms with E-state index in [0.29, 0.717) is 23.5 Å². The molecular weight excluding hydrogens is 256 g/mol. The number of hydrogen-bond acceptors (Lipinski definition) is 6. The molecule has 0 atom stereocenters. The van der Waals surface area contributed by atoms with Gasteiger partial charge in [-0.1, -0.05) is 30.0 Å². The van der Waals surface area contributed by atoms with E-state index in [1.807, 2.05) is 6.92 Å². The minimum atomic E-state index is -0.0860. The second-order valence-corrected chi connectivity index (χ2v) is 5.98. The Labute approximate surface area is 107 Å². The molecule has 2 N–H and O–H groups in total.